The van der Waals surface area contributed by atoms with Crippen molar-refractivity contribution in [1.29, 1.82) is 0 Å². The highest BCUT2D eigenvalue weighted by Gasteiger charge is 2.17. The number of hydrogen-bond acceptors (Lipinski definition) is 5. The summed E-state index contributed by atoms with van der Waals surface area (Å²) in [6.07, 6.45) is 0.780. The van der Waals surface area contributed by atoms with Gasteiger partial charge in [-0.15, -0.1) is 0 Å². The highest BCUT2D eigenvalue weighted by atomic mass is 16.5. The van der Waals surface area contributed by atoms with Crippen molar-refractivity contribution in [3.05, 3.63) is 94.9 Å². The molecule has 0 saturated heterocycles. The molecule has 0 fully saturated rings. The van der Waals surface area contributed by atoms with Crippen molar-refractivity contribution in [2.24, 2.45) is 0 Å². The molecule has 0 saturated carbocycles. The summed E-state index contributed by atoms with van der Waals surface area (Å²) in [6, 6.07) is 24.3. The number of methoxy groups -OCH3 is 1. The largest absolute Gasteiger partial charge is 0.497 e. The third-order valence-electron chi connectivity index (χ3n) is 5.71. The molecule has 7 nitrogen and oxygen atoms in total. The molecule has 1 heterocycles. The van der Waals surface area contributed by atoms with E-state index in [4.69, 9.17) is 4.74 Å². The zero-order valence-corrected chi connectivity index (χ0v) is 19.4. The Kier molecular flexibility index (Phi) is 7.22. The van der Waals surface area contributed by atoms with Gasteiger partial charge in [-0.1, -0.05) is 42.5 Å². The molecular weight excluding hydrogens is 428 g/mol. The predicted molar refractivity (Wildman–Crippen MR) is 135 cm³/mol. The first-order valence-corrected chi connectivity index (χ1v) is 11.4. The minimum Gasteiger partial charge on any atom is -0.497 e. The van der Waals surface area contributed by atoms with Crippen molar-refractivity contribution >= 4 is 22.4 Å². The van der Waals surface area contributed by atoms with Crippen molar-refractivity contribution in [2.75, 3.05) is 31.6 Å². The lowest BCUT2D eigenvalue weighted by atomic mass is 10.1. The van der Waals surface area contributed by atoms with Crippen molar-refractivity contribution < 1.29 is 9.53 Å². The quantitative estimate of drug-likeness (QED) is 0.385. The summed E-state index contributed by atoms with van der Waals surface area (Å²) in [4.78, 5) is 28.5. The van der Waals surface area contributed by atoms with Crippen LogP contribution < -0.4 is 20.5 Å². The molecule has 0 aliphatic rings. The molecule has 0 unspecified atom stereocenters. The summed E-state index contributed by atoms with van der Waals surface area (Å²) in [6.45, 7) is 4.31. The molecule has 0 atom stereocenters. The Morgan fingerprint density at radius 3 is 2.47 bits per heavy atom. The van der Waals surface area contributed by atoms with E-state index < -0.39 is 0 Å². The van der Waals surface area contributed by atoms with Gasteiger partial charge in [0.2, 0.25) is 0 Å². The number of nitrogens with zero attached hydrogens (tertiary/aromatic N) is 3. The number of anilines is 1. The fraction of sp³-hybridized carbons (Fsp3) is 0.222. The van der Waals surface area contributed by atoms with Crippen LogP contribution in [0.3, 0.4) is 0 Å². The number of benzene rings is 3. The van der Waals surface area contributed by atoms with Crippen LogP contribution in [0.1, 0.15) is 23.8 Å². The van der Waals surface area contributed by atoms with E-state index in [1.54, 1.807) is 55.6 Å². The number of amides is 1. The van der Waals surface area contributed by atoms with E-state index in [2.05, 4.69) is 34.4 Å². The van der Waals surface area contributed by atoms with Crippen LogP contribution in [0.25, 0.3) is 16.5 Å². The standard InChI is InChI=1S/C27H28N4O3/c1-3-30(20-11-5-4-6-12-20)18-10-17-28-26(32)25-23-15-7-8-16-24(23)27(33)31(29-25)21-13-9-14-22(19-21)34-2/h4-9,11-16,19H,3,10,17-18H2,1-2H3,(H,28,32). The van der Waals surface area contributed by atoms with Crippen LogP contribution in [0.4, 0.5) is 5.69 Å². The van der Waals surface area contributed by atoms with E-state index in [-0.39, 0.29) is 17.2 Å². The number of para-hydroxylation sites is 1. The van der Waals surface area contributed by atoms with Crippen LogP contribution in [-0.4, -0.2) is 42.4 Å². The molecule has 0 radical (unpaired) electrons. The average Bonchev–Trinajstić information content (AvgIpc) is 2.89. The SMILES string of the molecule is CCN(CCCNC(=O)c1nn(-c2cccc(OC)c2)c(=O)c2ccccc12)c1ccccc1. The Morgan fingerprint density at radius 1 is 1.00 bits per heavy atom. The lowest BCUT2D eigenvalue weighted by Gasteiger charge is -2.23. The van der Waals surface area contributed by atoms with Crippen LogP contribution in [-0.2, 0) is 0 Å². The van der Waals surface area contributed by atoms with E-state index in [0.717, 1.165) is 25.2 Å². The zero-order valence-electron chi connectivity index (χ0n) is 19.4. The summed E-state index contributed by atoms with van der Waals surface area (Å²) in [5.74, 6) is 0.292. The highest BCUT2D eigenvalue weighted by Crippen LogP contribution is 2.18. The number of ether oxygens (including phenoxy) is 1. The molecule has 0 aliphatic heterocycles. The summed E-state index contributed by atoms with van der Waals surface area (Å²) in [5.41, 5.74) is 1.62. The highest BCUT2D eigenvalue weighted by molar-refractivity contribution is 6.04. The fourth-order valence-corrected chi connectivity index (χ4v) is 3.94. The van der Waals surface area contributed by atoms with Gasteiger partial charge in [-0.05, 0) is 43.7 Å². The Morgan fingerprint density at radius 2 is 1.74 bits per heavy atom. The molecular formula is C27H28N4O3. The van der Waals surface area contributed by atoms with E-state index in [0.29, 0.717) is 28.8 Å². The molecule has 174 valence electrons. The van der Waals surface area contributed by atoms with E-state index in [1.807, 2.05) is 18.2 Å². The number of carbonyl (C=O) groups excluding carboxylic acids is 1. The second-order valence-electron chi connectivity index (χ2n) is 7.84. The Balaban J connectivity index is 1.55. The number of carbonyl (C=O) groups is 1. The first-order valence-electron chi connectivity index (χ1n) is 11.4. The summed E-state index contributed by atoms with van der Waals surface area (Å²) in [5, 5.41) is 8.39. The van der Waals surface area contributed by atoms with Crippen molar-refractivity contribution in [3.8, 4) is 11.4 Å². The van der Waals surface area contributed by atoms with Gasteiger partial charge in [0.1, 0.15) is 5.75 Å². The van der Waals surface area contributed by atoms with Crippen LogP contribution >= 0.6 is 0 Å². The monoisotopic (exact) mass is 456 g/mol. The second-order valence-corrected chi connectivity index (χ2v) is 7.84. The first-order chi connectivity index (χ1) is 16.6. The molecule has 4 rings (SSSR count). The molecule has 1 N–H and O–H groups in total. The molecule has 34 heavy (non-hydrogen) atoms. The maximum Gasteiger partial charge on any atom is 0.279 e. The molecule has 7 heteroatoms. The predicted octanol–water partition coefficient (Wildman–Crippen LogP) is 4.04. The van der Waals surface area contributed by atoms with Crippen LogP contribution in [0, 0.1) is 0 Å². The Labute approximate surface area is 198 Å². The van der Waals surface area contributed by atoms with Crippen molar-refractivity contribution in [1.82, 2.24) is 15.1 Å². The lowest BCUT2D eigenvalue weighted by molar-refractivity contribution is 0.0948. The Hall–Kier alpha value is -4.13. The minimum absolute atomic E-state index is 0.216. The van der Waals surface area contributed by atoms with Gasteiger partial charge in [0, 0.05) is 36.8 Å². The topological polar surface area (TPSA) is 76.5 Å². The van der Waals surface area contributed by atoms with Gasteiger partial charge in [-0.2, -0.15) is 9.78 Å². The summed E-state index contributed by atoms with van der Waals surface area (Å²) in [7, 11) is 1.56. The van der Waals surface area contributed by atoms with Gasteiger partial charge in [0.15, 0.2) is 5.69 Å². The third-order valence-corrected chi connectivity index (χ3v) is 5.71. The van der Waals surface area contributed by atoms with Gasteiger partial charge >= 0.3 is 0 Å². The molecule has 0 aliphatic carbocycles. The molecule has 0 spiro atoms. The number of fused-ring (bicyclic) bond motifs is 1. The number of rotatable bonds is 9. The maximum absolute atomic E-state index is 13.1. The fourth-order valence-electron chi connectivity index (χ4n) is 3.94. The van der Waals surface area contributed by atoms with E-state index in [9.17, 15) is 9.59 Å². The molecule has 1 aromatic heterocycles. The summed E-state index contributed by atoms with van der Waals surface area (Å²) < 4.78 is 6.54. The van der Waals surface area contributed by atoms with Gasteiger partial charge in [0.25, 0.3) is 11.5 Å². The average molecular weight is 457 g/mol. The summed E-state index contributed by atoms with van der Waals surface area (Å²) >= 11 is 0. The van der Waals surface area contributed by atoms with Crippen LogP contribution in [0.2, 0.25) is 0 Å². The minimum atomic E-state index is -0.310. The number of aromatic nitrogens is 2. The number of nitrogens with one attached hydrogen (secondary N) is 1. The molecule has 0 bridgehead atoms. The second kappa shape index (κ2) is 10.7. The maximum atomic E-state index is 13.1. The molecule has 1 amide bonds. The third kappa shape index (κ3) is 4.93. The lowest BCUT2D eigenvalue weighted by Crippen LogP contribution is -2.32. The normalized spacial score (nSPS) is 10.8. The van der Waals surface area contributed by atoms with Crippen LogP contribution in [0.5, 0.6) is 5.75 Å². The molecule has 4 aromatic rings. The van der Waals surface area contributed by atoms with Crippen molar-refractivity contribution in [2.45, 2.75) is 13.3 Å². The molecule has 3 aromatic carbocycles. The zero-order chi connectivity index (χ0) is 23.9. The smallest absolute Gasteiger partial charge is 0.279 e. The van der Waals surface area contributed by atoms with Gasteiger partial charge in [-0.3, -0.25) is 9.59 Å². The Bertz CT molecular complexity index is 1330. The first kappa shape index (κ1) is 23.0. The van der Waals surface area contributed by atoms with Crippen LogP contribution in [0.15, 0.2) is 83.7 Å². The van der Waals surface area contributed by atoms with Crippen molar-refractivity contribution in [3.63, 3.8) is 0 Å². The van der Waals surface area contributed by atoms with Gasteiger partial charge < -0.3 is 15.0 Å². The number of hydrogen-bond donors (Lipinski definition) is 1. The van der Waals surface area contributed by atoms with Gasteiger partial charge in [-0.25, -0.2) is 0 Å². The van der Waals surface area contributed by atoms with E-state index in [1.165, 1.54) is 4.68 Å². The van der Waals surface area contributed by atoms with E-state index >= 15 is 0 Å². The van der Waals surface area contributed by atoms with Gasteiger partial charge in [0.05, 0.1) is 18.2 Å².